The van der Waals surface area contributed by atoms with E-state index in [0.29, 0.717) is 16.3 Å². The molecule has 1 N–H and O–H groups in total. The molecule has 2 aliphatic rings. The lowest BCUT2D eigenvalue weighted by molar-refractivity contribution is -0.141. The van der Waals surface area contributed by atoms with Crippen LogP contribution in [-0.4, -0.2) is 41.9 Å². The summed E-state index contributed by atoms with van der Waals surface area (Å²) in [5, 5.41) is 3.62. The minimum absolute atomic E-state index is 0.0859. The molecule has 1 aromatic rings. The van der Waals surface area contributed by atoms with Crippen molar-refractivity contribution in [2.45, 2.75) is 64.3 Å². The van der Waals surface area contributed by atoms with Crippen molar-refractivity contribution in [3.8, 4) is 0 Å². The standard InChI is InChI=1S/C23H29ClN2O4/c1-3-30-23(29)22-15(2)26(14-20(27)25-18-7-5-4-6-8-18)21(28)13-19(22)16-9-11-17(24)12-10-16/h9-12,18-19H,3-8,13-14H2,1-2H3,(H,25,27). The lowest BCUT2D eigenvalue weighted by Crippen LogP contribution is -2.46. The largest absolute Gasteiger partial charge is 0.463 e. The summed E-state index contributed by atoms with van der Waals surface area (Å²) in [6.45, 7) is 3.60. The smallest absolute Gasteiger partial charge is 0.336 e. The van der Waals surface area contributed by atoms with E-state index in [4.69, 9.17) is 16.3 Å². The second kappa shape index (κ2) is 10.1. The van der Waals surface area contributed by atoms with Crippen LogP contribution in [0, 0.1) is 0 Å². The number of amides is 2. The van der Waals surface area contributed by atoms with Gasteiger partial charge in [0.05, 0.1) is 12.2 Å². The van der Waals surface area contributed by atoms with Crippen LogP contribution in [-0.2, 0) is 19.1 Å². The molecule has 0 aromatic heterocycles. The van der Waals surface area contributed by atoms with Crippen molar-refractivity contribution >= 4 is 29.4 Å². The second-order valence-corrected chi connectivity index (χ2v) is 8.35. The minimum Gasteiger partial charge on any atom is -0.463 e. The number of nitrogens with one attached hydrogen (secondary N) is 1. The summed E-state index contributed by atoms with van der Waals surface area (Å²) in [6.07, 6.45) is 5.48. The highest BCUT2D eigenvalue weighted by atomic mass is 35.5. The Hall–Kier alpha value is -2.34. The van der Waals surface area contributed by atoms with Gasteiger partial charge in [-0.1, -0.05) is 43.0 Å². The zero-order valence-corrected chi connectivity index (χ0v) is 18.3. The average molecular weight is 433 g/mol. The van der Waals surface area contributed by atoms with Gasteiger partial charge in [0.25, 0.3) is 0 Å². The predicted molar refractivity (Wildman–Crippen MR) is 115 cm³/mol. The average Bonchev–Trinajstić information content (AvgIpc) is 2.72. The highest BCUT2D eigenvalue weighted by Gasteiger charge is 2.37. The Bertz CT molecular complexity index is 828. The van der Waals surface area contributed by atoms with E-state index in [-0.39, 0.29) is 37.4 Å². The number of esters is 1. The molecule has 1 atom stereocenters. The number of carbonyl (C=O) groups excluding carboxylic acids is 3. The third-order valence-corrected chi connectivity index (χ3v) is 6.11. The Morgan fingerprint density at radius 3 is 2.47 bits per heavy atom. The number of halogens is 1. The predicted octanol–water partition coefficient (Wildman–Crippen LogP) is 3.94. The molecule has 0 spiro atoms. The van der Waals surface area contributed by atoms with Crippen LogP contribution in [0.3, 0.4) is 0 Å². The quantitative estimate of drug-likeness (QED) is 0.691. The number of carbonyl (C=O) groups is 3. The van der Waals surface area contributed by atoms with E-state index >= 15 is 0 Å². The van der Waals surface area contributed by atoms with Gasteiger partial charge in [-0.2, -0.15) is 0 Å². The number of ether oxygens (including phenoxy) is 1. The molecule has 7 heteroatoms. The van der Waals surface area contributed by atoms with Crippen molar-refractivity contribution in [3.05, 3.63) is 46.1 Å². The van der Waals surface area contributed by atoms with E-state index in [0.717, 1.165) is 31.2 Å². The maximum Gasteiger partial charge on any atom is 0.336 e. The molecule has 1 heterocycles. The van der Waals surface area contributed by atoms with Crippen LogP contribution in [0.15, 0.2) is 35.5 Å². The minimum atomic E-state index is -0.458. The lowest BCUT2D eigenvalue weighted by Gasteiger charge is -2.34. The SMILES string of the molecule is CCOC(=O)C1=C(C)N(CC(=O)NC2CCCCC2)C(=O)CC1c1ccc(Cl)cc1. The normalized spacial score (nSPS) is 20.3. The van der Waals surface area contributed by atoms with Crippen molar-refractivity contribution in [2.24, 2.45) is 0 Å². The molecule has 1 aliphatic heterocycles. The first kappa shape index (κ1) is 22.3. The zero-order valence-electron chi connectivity index (χ0n) is 17.6. The van der Waals surface area contributed by atoms with Crippen molar-refractivity contribution in [2.75, 3.05) is 13.2 Å². The van der Waals surface area contributed by atoms with Crippen LogP contribution in [0.2, 0.25) is 5.02 Å². The molecule has 0 saturated heterocycles. The summed E-state index contributed by atoms with van der Waals surface area (Å²) in [7, 11) is 0. The maximum absolute atomic E-state index is 12.9. The lowest BCUT2D eigenvalue weighted by atomic mass is 9.83. The van der Waals surface area contributed by atoms with Crippen LogP contribution < -0.4 is 5.32 Å². The molecule has 30 heavy (non-hydrogen) atoms. The van der Waals surface area contributed by atoms with E-state index in [1.165, 1.54) is 11.3 Å². The molecule has 1 unspecified atom stereocenters. The highest BCUT2D eigenvalue weighted by molar-refractivity contribution is 6.30. The molecule has 1 fully saturated rings. The molecule has 1 saturated carbocycles. The second-order valence-electron chi connectivity index (χ2n) is 7.91. The van der Waals surface area contributed by atoms with Crippen LogP contribution in [0.4, 0.5) is 0 Å². The maximum atomic E-state index is 12.9. The Kier molecular flexibility index (Phi) is 7.53. The van der Waals surface area contributed by atoms with Gasteiger partial charge in [0.2, 0.25) is 11.8 Å². The molecule has 3 rings (SSSR count). The molecule has 1 aromatic carbocycles. The molecular formula is C23H29ClN2O4. The fraction of sp³-hybridized carbons (Fsp3) is 0.522. The van der Waals surface area contributed by atoms with E-state index in [1.807, 2.05) is 12.1 Å². The highest BCUT2D eigenvalue weighted by Crippen LogP contribution is 2.37. The van der Waals surface area contributed by atoms with Gasteiger partial charge in [0, 0.05) is 29.1 Å². The topological polar surface area (TPSA) is 75.7 Å². The fourth-order valence-electron chi connectivity index (χ4n) is 4.32. The molecule has 6 nitrogen and oxygen atoms in total. The number of rotatable bonds is 6. The van der Waals surface area contributed by atoms with Crippen molar-refractivity contribution in [1.82, 2.24) is 10.2 Å². The van der Waals surface area contributed by atoms with Crippen molar-refractivity contribution < 1.29 is 19.1 Å². The number of hydrogen-bond acceptors (Lipinski definition) is 4. The van der Waals surface area contributed by atoms with Gasteiger partial charge in [0.15, 0.2) is 0 Å². The van der Waals surface area contributed by atoms with Gasteiger partial charge >= 0.3 is 5.97 Å². The van der Waals surface area contributed by atoms with Gasteiger partial charge in [-0.3, -0.25) is 9.59 Å². The summed E-state index contributed by atoms with van der Waals surface area (Å²) < 4.78 is 5.28. The summed E-state index contributed by atoms with van der Waals surface area (Å²) in [6, 6.07) is 7.28. The van der Waals surface area contributed by atoms with Gasteiger partial charge in [-0.05, 0) is 44.4 Å². The van der Waals surface area contributed by atoms with E-state index < -0.39 is 11.9 Å². The summed E-state index contributed by atoms with van der Waals surface area (Å²) in [5.41, 5.74) is 1.72. The Morgan fingerprint density at radius 2 is 1.83 bits per heavy atom. The number of nitrogens with zero attached hydrogens (tertiary/aromatic N) is 1. The molecule has 0 radical (unpaired) electrons. The fourth-order valence-corrected chi connectivity index (χ4v) is 4.45. The zero-order chi connectivity index (χ0) is 21.7. The van der Waals surface area contributed by atoms with E-state index in [1.54, 1.807) is 26.0 Å². The Labute approximate surface area is 182 Å². The third kappa shape index (κ3) is 5.22. The van der Waals surface area contributed by atoms with Crippen LogP contribution >= 0.6 is 11.6 Å². The first-order valence-electron chi connectivity index (χ1n) is 10.6. The van der Waals surface area contributed by atoms with Crippen LogP contribution in [0.1, 0.15) is 63.9 Å². The first-order chi connectivity index (χ1) is 14.4. The number of benzene rings is 1. The summed E-state index contributed by atoms with van der Waals surface area (Å²) in [4.78, 5) is 39.7. The summed E-state index contributed by atoms with van der Waals surface area (Å²) >= 11 is 5.99. The van der Waals surface area contributed by atoms with E-state index in [9.17, 15) is 14.4 Å². The molecule has 162 valence electrons. The third-order valence-electron chi connectivity index (χ3n) is 5.86. The van der Waals surface area contributed by atoms with Crippen LogP contribution in [0.5, 0.6) is 0 Å². The van der Waals surface area contributed by atoms with Gasteiger partial charge in [-0.25, -0.2) is 4.79 Å². The molecule has 1 aliphatic carbocycles. The first-order valence-corrected chi connectivity index (χ1v) is 11.0. The van der Waals surface area contributed by atoms with Gasteiger partial charge in [0.1, 0.15) is 6.54 Å². The molecular weight excluding hydrogens is 404 g/mol. The Balaban J connectivity index is 1.84. The van der Waals surface area contributed by atoms with Gasteiger partial charge in [-0.15, -0.1) is 0 Å². The molecule has 2 amide bonds. The van der Waals surface area contributed by atoms with Gasteiger partial charge < -0.3 is 15.0 Å². The van der Waals surface area contributed by atoms with E-state index in [2.05, 4.69) is 5.32 Å². The number of allylic oxidation sites excluding steroid dienone is 1. The Morgan fingerprint density at radius 1 is 1.17 bits per heavy atom. The molecule has 0 bridgehead atoms. The van der Waals surface area contributed by atoms with Crippen molar-refractivity contribution in [3.63, 3.8) is 0 Å². The van der Waals surface area contributed by atoms with Crippen LogP contribution in [0.25, 0.3) is 0 Å². The van der Waals surface area contributed by atoms with Crippen molar-refractivity contribution in [1.29, 1.82) is 0 Å². The number of hydrogen-bond donors (Lipinski definition) is 1. The summed E-state index contributed by atoms with van der Waals surface area (Å²) in [5.74, 6) is -1.26. The monoisotopic (exact) mass is 432 g/mol.